The molecule has 2 N–H and O–H groups in total. The van der Waals surface area contributed by atoms with Gasteiger partial charge in [0.25, 0.3) is 0 Å². The van der Waals surface area contributed by atoms with Gasteiger partial charge >= 0.3 is 0 Å². The van der Waals surface area contributed by atoms with E-state index in [1.807, 2.05) is 6.08 Å². The molecular weight excluding hydrogens is 206 g/mol. The van der Waals surface area contributed by atoms with Gasteiger partial charge in [-0.2, -0.15) is 0 Å². The fraction of sp³-hybridized carbons (Fsp3) is 0.500. The average molecular weight is 225 g/mol. The molecule has 1 rings (SSSR count). The maximum absolute atomic E-state index is 9.64. The molecule has 90 valence electrons. The number of aliphatic hydroxyl groups excluding tert-OH is 1. The summed E-state index contributed by atoms with van der Waals surface area (Å²) in [6.45, 7) is 6.13. The molecule has 1 atom stereocenters. The Morgan fingerprint density at radius 3 is 3.12 bits per heavy atom. The lowest BCUT2D eigenvalue weighted by molar-refractivity contribution is 0.124. The van der Waals surface area contributed by atoms with Crippen LogP contribution in [0.1, 0.15) is 18.3 Å². The molecule has 0 aliphatic carbocycles. The predicted molar refractivity (Wildman–Crippen MR) is 62.2 cm³/mol. The fourth-order valence-electron chi connectivity index (χ4n) is 1.23. The first-order chi connectivity index (χ1) is 7.84. The van der Waals surface area contributed by atoms with E-state index in [4.69, 9.17) is 9.15 Å². The van der Waals surface area contributed by atoms with Crippen LogP contribution in [-0.4, -0.2) is 31.4 Å². The molecule has 1 unspecified atom stereocenters. The monoisotopic (exact) mass is 225 g/mol. The highest BCUT2D eigenvalue weighted by atomic mass is 16.5. The largest absolute Gasteiger partial charge is 0.467 e. The van der Waals surface area contributed by atoms with E-state index in [9.17, 15) is 5.11 Å². The Morgan fingerprint density at radius 1 is 1.56 bits per heavy atom. The molecule has 0 amide bonds. The first-order valence-electron chi connectivity index (χ1n) is 5.45. The second-order valence-electron chi connectivity index (χ2n) is 3.43. The van der Waals surface area contributed by atoms with E-state index in [0.717, 1.165) is 13.0 Å². The van der Waals surface area contributed by atoms with Crippen LogP contribution in [0.4, 0.5) is 0 Å². The summed E-state index contributed by atoms with van der Waals surface area (Å²) in [6.07, 6.45) is 3.66. The van der Waals surface area contributed by atoms with Crippen LogP contribution in [0.5, 0.6) is 0 Å². The Kier molecular flexibility index (Phi) is 6.56. The molecule has 1 aromatic rings. The molecule has 0 spiro atoms. The number of hydrogen-bond acceptors (Lipinski definition) is 4. The smallest absolute Gasteiger partial charge is 0.133 e. The van der Waals surface area contributed by atoms with Gasteiger partial charge in [0, 0.05) is 13.1 Å². The molecular formula is C12H19NO3. The summed E-state index contributed by atoms with van der Waals surface area (Å²) in [7, 11) is 0. The average Bonchev–Trinajstić information content (AvgIpc) is 2.81. The minimum absolute atomic E-state index is 0.471. The maximum atomic E-state index is 9.64. The highest BCUT2D eigenvalue weighted by Crippen LogP contribution is 2.11. The van der Waals surface area contributed by atoms with E-state index in [0.29, 0.717) is 25.5 Å². The van der Waals surface area contributed by atoms with Crippen molar-refractivity contribution in [2.45, 2.75) is 12.5 Å². The highest BCUT2D eigenvalue weighted by Gasteiger charge is 2.08. The zero-order valence-electron chi connectivity index (χ0n) is 9.39. The molecule has 16 heavy (non-hydrogen) atoms. The number of aliphatic hydroxyl groups is 1. The first-order valence-corrected chi connectivity index (χ1v) is 5.45. The van der Waals surface area contributed by atoms with Crippen molar-refractivity contribution in [3.63, 3.8) is 0 Å². The predicted octanol–water partition coefficient (Wildman–Crippen LogP) is 1.50. The second kappa shape index (κ2) is 8.10. The third-order valence-corrected chi connectivity index (χ3v) is 2.10. The van der Waals surface area contributed by atoms with Crippen LogP contribution < -0.4 is 5.32 Å². The van der Waals surface area contributed by atoms with E-state index in [2.05, 4.69) is 11.9 Å². The summed E-state index contributed by atoms with van der Waals surface area (Å²) in [4.78, 5) is 0. The van der Waals surface area contributed by atoms with E-state index >= 15 is 0 Å². The number of rotatable bonds is 9. The summed E-state index contributed by atoms with van der Waals surface area (Å²) in [5, 5.41) is 12.7. The summed E-state index contributed by atoms with van der Waals surface area (Å²) in [5.41, 5.74) is 0. The van der Waals surface area contributed by atoms with Crippen LogP contribution in [0.15, 0.2) is 35.5 Å². The molecule has 0 fully saturated rings. The third-order valence-electron chi connectivity index (χ3n) is 2.10. The van der Waals surface area contributed by atoms with Crippen molar-refractivity contribution in [1.29, 1.82) is 0 Å². The van der Waals surface area contributed by atoms with E-state index in [1.165, 1.54) is 0 Å². The number of ether oxygens (including phenoxy) is 1. The Labute approximate surface area is 95.9 Å². The molecule has 0 aliphatic rings. The molecule has 4 heteroatoms. The fourth-order valence-corrected chi connectivity index (χ4v) is 1.23. The van der Waals surface area contributed by atoms with Crippen LogP contribution in [0, 0.1) is 0 Å². The molecule has 0 aliphatic heterocycles. The lowest BCUT2D eigenvalue weighted by Gasteiger charge is -2.09. The van der Waals surface area contributed by atoms with Gasteiger partial charge in [0.05, 0.1) is 19.5 Å². The second-order valence-corrected chi connectivity index (χ2v) is 3.43. The van der Waals surface area contributed by atoms with Gasteiger partial charge in [0.1, 0.15) is 11.9 Å². The van der Waals surface area contributed by atoms with Gasteiger partial charge in [0.2, 0.25) is 0 Å². The Hall–Kier alpha value is -1.10. The van der Waals surface area contributed by atoms with Crippen molar-refractivity contribution < 1.29 is 14.3 Å². The quantitative estimate of drug-likeness (QED) is 0.494. The van der Waals surface area contributed by atoms with Gasteiger partial charge in [-0.15, -0.1) is 6.58 Å². The van der Waals surface area contributed by atoms with Gasteiger partial charge in [0.15, 0.2) is 0 Å². The van der Waals surface area contributed by atoms with Crippen LogP contribution in [0.3, 0.4) is 0 Å². The number of nitrogens with one attached hydrogen (secondary N) is 1. The topological polar surface area (TPSA) is 54.6 Å². The summed E-state index contributed by atoms with van der Waals surface area (Å²) in [5.74, 6) is 0.583. The molecule has 1 aromatic heterocycles. The van der Waals surface area contributed by atoms with E-state index < -0.39 is 6.10 Å². The van der Waals surface area contributed by atoms with Gasteiger partial charge in [-0.25, -0.2) is 0 Å². The molecule has 0 bridgehead atoms. The number of hydrogen-bond donors (Lipinski definition) is 2. The summed E-state index contributed by atoms with van der Waals surface area (Å²) in [6, 6.07) is 3.52. The van der Waals surface area contributed by atoms with Crippen molar-refractivity contribution in [2.75, 3.05) is 26.3 Å². The first kappa shape index (κ1) is 13.0. The van der Waals surface area contributed by atoms with Crippen LogP contribution in [0.25, 0.3) is 0 Å². The minimum Gasteiger partial charge on any atom is -0.467 e. The van der Waals surface area contributed by atoms with Gasteiger partial charge in [-0.1, -0.05) is 6.08 Å². The molecule has 0 saturated heterocycles. The lowest BCUT2D eigenvalue weighted by Crippen LogP contribution is -2.25. The van der Waals surface area contributed by atoms with Crippen LogP contribution in [-0.2, 0) is 4.74 Å². The minimum atomic E-state index is -0.594. The van der Waals surface area contributed by atoms with E-state index in [-0.39, 0.29) is 0 Å². The zero-order valence-corrected chi connectivity index (χ0v) is 9.39. The van der Waals surface area contributed by atoms with E-state index in [1.54, 1.807) is 18.4 Å². The Morgan fingerprint density at radius 2 is 2.44 bits per heavy atom. The lowest BCUT2D eigenvalue weighted by atomic mass is 10.3. The standard InChI is InChI=1S/C12H19NO3/c1-2-3-7-15-9-6-13-10-11(14)12-5-4-8-16-12/h2,4-5,8,11,13-14H,1,3,6-7,9-10H2. The van der Waals surface area contributed by atoms with Crippen LogP contribution >= 0.6 is 0 Å². The highest BCUT2D eigenvalue weighted by molar-refractivity contribution is 5.01. The molecule has 0 aromatic carbocycles. The normalized spacial score (nSPS) is 12.6. The van der Waals surface area contributed by atoms with Gasteiger partial charge < -0.3 is 19.6 Å². The Bertz CT molecular complexity index is 272. The van der Waals surface area contributed by atoms with Crippen molar-refractivity contribution in [1.82, 2.24) is 5.32 Å². The van der Waals surface area contributed by atoms with Crippen molar-refractivity contribution in [2.24, 2.45) is 0 Å². The van der Waals surface area contributed by atoms with Crippen molar-refractivity contribution in [3.8, 4) is 0 Å². The van der Waals surface area contributed by atoms with Crippen molar-refractivity contribution >= 4 is 0 Å². The molecule has 4 nitrogen and oxygen atoms in total. The maximum Gasteiger partial charge on any atom is 0.133 e. The van der Waals surface area contributed by atoms with Crippen LogP contribution in [0.2, 0.25) is 0 Å². The number of furan rings is 1. The summed E-state index contributed by atoms with van der Waals surface area (Å²) < 4.78 is 10.4. The molecule has 0 saturated carbocycles. The van der Waals surface area contributed by atoms with Crippen molar-refractivity contribution in [3.05, 3.63) is 36.8 Å². The SMILES string of the molecule is C=CCCOCCNCC(O)c1ccco1. The third kappa shape index (κ3) is 5.11. The Balaban J connectivity index is 1.97. The van der Waals surface area contributed by atoms with Gasteiger partial charge in [-0.05, 0) is 18.6 Å². The summed E-state index contributed by atoms with van der Waals surface area (Å²) >= 11 is 0. The van der Waals surface area contributed by atoms with Gasteiger partial charge in [-0.3, -0.25) is 0 Å². The molecule has 1 heterocycles. The zero-order chi connectivity index (χ0) is 11.6. The molecule has 0 radical (unpaired) electrons.